The number of carbonyl (C=O) groups is 5. The molecule has 4 amide bonds. The highest BCUT2D eigenvalue weighted by molar-refractivity contribution is 6.37. The number of rotatable bonds is 10. The number of nitrogens with two attached hydrogens (primary N) is 1. The zero-order chi connectivity index (χ0) is 31.0. The predicted octanol–water partition coefficient (Wildman–Crippen LogP) is 2.47. The van der Waals surface area contributed by atoms with Gasteiger partial charge in [0, 0.05) is 6.54 Å². The van der Waals surface area contributed by atoms with E-state index in [2.05, 4.69) is 5.32 Å². The maximum absolute atomic E-state index is 13.7. The van der Waals surface area contributed by atoms with Gasteiger partial charge in [-0.3, -0.25) is 24.0 Å². The summed E-state index contributed by atoms with van der Waals surface area (Å²) in [6.07, 6.45) is -9.95. The van der Waals surface area contributed by atoms with Crippen LogP contribution in [0.2, 0.25) is 0 Å². The van der Waals surface area contributed by atoms with Crippen LogP contribution in [0.1, 0.15) is 60.3 Å². The Labute approximate surface area is 227 Å². The van der Waals surface area contributed by atoms with Gasteiger partial charge in [0.1, 0.15) is 12.1 Å². The summed E-state index contributed by atoms with van der Waals surface area (Å²) >= 11 is 0. The molecular formula is C25H36F6N4O5. The molecule has 0 bridgehead atoms. The van der Waals surface area contributed by atoms with Gasteiger partial charge in [0.05, 0.1) is 6.04 Å². The second-order valence-electron chi connectivity index (χ2n) is 12.0. The molecule has 9 nitrogen and oxygen atoms in total. The molecule has 2 aliphatic rings. The second kappa shape index (κ2) is 11.9. The summed E-state index contributed by atoms with van der Waals surface area (Å²) in [4.78, 5) is 64.4. The number of carbonyl (C=O) groups excluding carboxylic acids is 5. The molecule has 1 aliphatic heterocycles. The van der Waals surface area contributed by atoms with Crippen LogP contribution in [-0.4, -0.2) is 71.3 Å². The number of amides is 4. The predicted molar refractivity (Wildman–Crippen MR) is 129 cm³/mol. The number of hydrogen-bond acceptors (Lipinski definition) is 5. The Morgan fingerprint density at radius 1 is 0.900 bits per heavy atom. The molecule has 0 radical (unpaired) electrons. The van der Waals surface area contributed by atoms with Crippen molar-refractivity contribution in [3.8, 4) is 0 Å². The van der Waals surface area contributed by atoms with E-state index in [4.69, 9.17) is 5.73 Å². The quantitative estimate of drug-likeness (QED) is 0.267. The van der Waals surface area contributed by atoms with E-state index in [0.29, 0.717) is 0 Å². The van der Waals surface area contributed by atoms with Crippen molar-refractivity contribution < 1.29 is 50.3 Å². The number of likely N-dealkylation sites (tertiary alicyclic amines) is 1. The molecule has 0 aromatic heterocycles. The van der Waals surface area contributed by atoms with Gasteiger partial charge in [-0.1, -0.05) is 47.5 Å². The number of halogens is 6. The molecule has 1 saturated heterocycles. The highest BCUT2D eigenvalue weighted by Crippen LogP contribution is 2.40. The summed E-state index contributed by atoms with van der Waals surface area (Å²) in [6, 6.07) is -4.37. The van der Waals surface area contributed by atoms with E-state index in [1.807, 2.05) is 0 Å². The monoisotopic (exact) mass is 586 g/mol. The van der Waals surface area contributed by atoms with E-state index in [0.717, 1.165) is 17.7 Å². The minimum atomic E-state index is -5.96. The number of ketones is 1. The molecule has 4 N–H and O–H groups in total. The number of hydrogen-bond donors (Lipinski definition) is 3. The van der Waals surface area contributed by atoms with Gasteiger partial charge in [-0.15, -0.1) is 0 Å². The lowest BCUT2D eigenvalue weighted by Gasteiger charge is -2.37. The van der Waals surface area contributed by atoms with Crippen LogP contribution < -0.4 is 16.4 Å². The first kappa shape index (κ1) is 33.3. The highest BCUT2D eigenvalue weighted by Gasteiger charge is 2.62. The lowest BCUT2D eigenvalue weighted by Crippen LogP contribution is -2.61. The van der Waals surface area contributed by atoms with E-state index in [1.54, 1.807) is 19.2 Å². The number of nitrogens with zero attached hydrogens (tertiary/aromatic N) is 1. The number of alkyl halides is 6. The van der Waals surface area contributed by atoms with E-state index in [1.165, 1.54) is 20.8 Å². The molecule has 4 atom stereocenters. The zero-order valence-corrected chi connectivity index (χ0v) is 22.9. The molecule has 0 spiro atoms. The van der Waals surface area contributed by atoms with Crippen molar-refractivity contribution >= 4 is 29.4 Å². The fourth-order valence-corrected chi connectivity index (χ4v) is 4.97. The summed E-state index contributed by atoms with van der Waals surface area (Å²) in [5.41, 5.74) is 3.77. The smallest absolute Gasteiger partial charge is 0.363 e. The molecule has 0 aromatic rings. The third kappa shape index (κ3) is 8.09. The van der Waals surface area contributed by atoms with Crippen LogP contribution in [0.15, 0.2) is 0 Å². The standard InChI is InChI=1S/C25H36F6N4O5/c1-11(2)13-8-9-35(15(13)20(38)33-14(10-12-6-7-12)16(36)19(32)37)22(40)18(23(3,4)5)34-21(39)17(24(26,27)28)25(29,30)31/h11-15,17-18H,6-10H2,1-5H3,(H2,32,37)(H,33,38)(H,34,39)/t13-,14?,15+,18-/m1/s1. The zero-order valence-electron chi connectivity index (χ0n) is 22.9. The topological polar surface area (TPSA) is 139 Å². The maximum Gasteiger partial charge on any atom is 0.409 e. The Kier molecular flexibility index (Phi) is 9.94. The summed E-state index contributed by atoms with van der Waals surface area (Å²) in [5.74, 6) is -11.6. The van der Waals surface area contributed by atoms with Gasteiger partial charge in [-0.05, 0) is 36.0 Å². The normalized spacial score (nSPS) is 21.8. The summed E-state index contributed by atoms with van der Waals surface area (Å²) in [6.45, 7) is 7.46. The van der Waals surface area contributed by atoms with Gasteiger partial charge in [0.25, 0.3) is 5.91 Å². The van der Waals surface area contributed by atoms with Crippen LogP contribution in [0.25, 0.3) is 0 Å². The Morgan fingerprint density at radius 3 is 1.82 bits per heavy atom. The first-order valence-corrected chi connectivity index (χ1v) is 13.0. The van der Waals surface area contributed by atoms with Crippen LogP contribution in [-0.2, 0) is 24.0 Å². The van der Waals surface area contributed by atoms with Crippen LogP contribution in [0, 0.1) is 29.1 Å². The van der Waals surface area contributed by atoms with Crippen molar-refractivity contribution in [2.45, 2.75) is 90.8 Å². The first-order chi connectivity index (χ1) is 18.1. The van der Waals surface area contributed by atoms with Crippen molar-refractivity contribution in [3.05, 3.63) is 0 Å². The van der Waals surface area contributed by atoms with Crippen LogP contribution in [0.4, 0.5) is 26.3 Å². The molecule has 0 aromatic carbocycles. The number of nitrogens with one attached hydrogen (secondary N) is 2. The SMILES string of the molecule is CC(C)[C@H]1CCN(C(=O)[C@@H](NC(=O)C(C(F)(F)F)C(F)(F)F)C(C)(C)C)[C@@H]1C(=O)NC(CC1CC1)C(=O)C(N)=O. The van der Waals surface area contributed by atoms with Crippen molar-refractivity contribution in [3.63, 3.8) is 0 Å². The Balaban J connectivity index is 2.40. The van der Waals surface area contributed by atoms with Crippen LogP contribution in [0.3, 0.4) is 0 Å². The molecule has 15 heteroatoms. The number of primary amides is 1. The maximum atomic E-state index is 13.7. The molecule has 1 unspecified atom stereocenters. The van der Waals surface area contributed by atoms with E-state index >= 15 is 0 Å². The first-order valence-electron chi connectivity index (χ1n) is 13.0. The largest absolute Gasteiger partial charge is 0.409 e. The fraction of sp³-hybridized carbons (Fsp3) is 0.800. The van der Waals surface area contributed by atoms with Gasteiger partial charge < -0.3 is 21.3 Å². The van der Waals surface area contributed by atoms with Gasteiger partial charge in [0.15, 0.2) is 0 Å². The third-order valence-corrected chi connectivity index (χ3v) is 7.31. The van der Waals surface area contributed by atoms with Crippen molar-refractivity contribution in [1.29, 1.82) is 0 Å². The Morgan fingerprint density at radius 2 is 1.43 bits per heavy atom. The van der Waals surface area contributed by atoms with Crippen molar-refractivity contribution in [1.82, 2.24) is 15.5 Å². The minimum Gasteiger partial charge on any atom is -0.363 e. The lowest BCUT2D eigenvalue weighted by molar-refractivity contribution is -0.274. The summed E-state index contributed by atoms with van der Waals surface area (Å²) < 4.78 is 79.0. The molecule has 1 saturated carbocycles. The molecular weight excluding hydrogens is 550 g/mol. The third-order valence-electron chi connectivity index (χ3n) is 7.31. The molecule has 2 rings (SSSR count). The molecule has 228 valence electrons. The van der Waals surface area contributed by atoms with Gasteiger partial charge in [-0.2, -0.15) is 26.3 Å². The number of Topliss-reactive ketones (excluding diaryl/α,β-unsaturated/α-hetero) is 1. The summed E-state index contributed by atoms with van der Waals surface area (Å²) in [5, 5.41) is 4.13. The van der Waals surface area contributed by atoms with E-state index < -0.39 is 77.1 Å². The minimum absolute atomic E-state index is 0.0821. The molecule has 1 heterocycles. The average molecular weight is 587 g/mol. The van der Waals surface area contributed by atoms with E-state index in [-0.39, 0.29) is 31.2 Å². The molecule has 40 heavy (non-hydrogen) atoms. The Bertz CT molecular complexity index is 989. The average Bonchev–Trinajstić information content (AvgIpc) is 3.46. The molecule has 1 aliphatic carbocycles. The Hall–Kier alpha value is -2.87. The second-order valence-corrected chi connectivity index (χ2v) is 12.0. The van der Waals surface area contributed by atoms with Crippen molar-refractivity contribution in [2.24, 2.45) is 34.8 Å². The van der Waals surface area contributed by atoms with Crippen LogP contribution in [0.5, 0.6) is 0 Å². The van der Waals surface area contributed by atoms with Gasteiger partial charge in [-0.25, -0.2) is 0 Å². The van der Waals surface area contributed by atoms with Gasteiger partial charge in [0.2, 0.25) is 29.4 Å². The fourth-order valence-electron chi connectivity index (χ4n) is 4.97. The summed E-state index contributed by atoms with van der Waals surface area (Å²) in [7, 11) is 0. The lowest BCUT2D eigenvalue weighted by atomic mass is 9.84. The van der Waals surface area contributed by atoms with Gasteiger partial charge >= 0.3 is 12.4 Å². The van der Waals surface area contributed by atoms with Crippen molar-refractivity contribution in [2.75, 3.05) is 6.54 Å². The highest BCUT2D eigenvalue weighted by atomic mass is 19.4. The van der Waals surface area contributed by atoms with Crippen LogP contribution >= 0.6 is 0 Å². The van der Waals surface area contributed by atoms with E-state index in [9.17, 15) is 50.3 Å². The molecule has 2 fully saturated rings.